The van der Waals surface area contributed by atoms with Crippen molar-refractivity contribution in [2.75, 3.05) is 0 Å². The fourth-order valence-electron chi connectivity index (χ4n) is 1.69. The zero-order valence-electron chi connectivity index (χ0n) is 9.81. The summed E-state index contributed by atoms with van der Waals surface area (Å²) in [6.07, 6.45) is 3.77. The van der Waals surface area contributed by atoms with Gasteiger partial charge in [0.2, 0.25) is 11.8 Å². The Hall–Kier alpha value is -1.19. The van der Waals surface area contributed by atoms with Crippen LogP contribution in [0.4, 0.5) is 0 Å². The van der Waals surface area contributed by atoms with Gasteiger partial charge in [0, 0.05) is 23.6 Å². The number of hydrogen-bond acceptors (Lipinski definition) is 1. The maximum Gasteiger partial charge on any atom is 0.230 e. The minimum atomic E-state index is -0.247. The minimum absolute atomic E-state index is 0.0646. The van der Waals surface area contributed by atoms with Gasteiger partial charge in [-0.15, -0.1) is 0 Å². The SMILES string of the molecule is CC(C(=O)c1ccc(Cl)cc1)[n+]1cccc(Br)c1. The molecule has 1 aromatic carbocycles. The molecule has 0 radical (unpaired) electrons. The summed E-state index contributed by atoms with van der Waals surface area (Å²) in [4.78, 5) is 12.3. The monoisotopic (exact) mass is 324 g/mol. The number of aromatic nitrogens is 1. The first-order valence-corrected chi connectivity index (χ1v) is 6.71. The van der Waals surface area contributed by atoms with Gasteiger partial charge >= 0.3 is 0 Å². The quantitative estimate of drug-likeness (QED) is 0.620. The lowest BCUT2D eigenvalue weighted by Crippen LogP contribution is -2.41. The van der Waals surface area contributed by atoms with Crippen LogP contribution in [0.25, 0.3) is 0 Å². The standard InChI is InChI=1S/C14H12BrClNO/c1-10(17-8-2-3-12(15)9-17)14(18)11-4-6-13(16)7-5-11/h2-10H,1H3/q+1. The second-order valence-corrected chi connectivity index (χ2v) is 5.37. The Morgan fingerprint density at radius 1 is 1.28 bits per heavy atom. The number of pyridine rings is 1. The molecule has 0 spiro atoms. The van der Waals surface area contributed by atoms with Crippen molar-refractivity contribution >= 4 is 33.3 Å². The first kappa shape index (κ1) is 13.2. The van der Waals surface area contributed by atoms with Crippen molar-refractivity contribution < 1.29 is 9.36 Å². The van der Waals surface area contributed by atoms with E-state index in [1.54, 1.807) is 24.3 Å². The molecule has 0 aliphatic carbocycles. The van der Waals surface area contributed by atoms with Crippen LogP contribution in [-0.2, 0) is 0 Å². The zero-order chi connectivity index (χ0) is 13.1. The van der Waals surface area contributed by atoms with Crippen molar-refractivity contribution in [3.63, 3.8) is 0 Å². The molecule has 0 saturated heterocycles. The lowest BCUT2D eigenvalue weighted by molar-refractivity contribution is -0.705. The van der Waals surface area contributed by atoms with Gasteiger partial charge in [-0.25, -0.2) is 0 Å². The van der Waals surface area contributed by atoms with Crippen molar-refractivity contribution in [3.05, 3.63) is 63.9 Å². The molecule has 0 fully saturated rings. The van der Waals surface area contributed by atoms with Gasteiger partial charge < -0.3 is 0 Å². The van der Waals surface area contributed by atoms with E-state index in [4.69, 9.17) is 11.6 Å². The number of hydrogen-bond donors (Lipinski definition) is 0. The Kier molecular flexibility index (Phi) is 4.15. The third-order valence-corrected chi connectivity index (χ3v) is 3.46. The van der Waals surface area contributed by atoms with Crippen molar-refractivity contribution in [1.29, 1.82) is 0 Å². The van der Waals surface area contributed by atoms with Gasteiger partial charge in [-0.2, -0.15) is 4.57 Å². The summed E-state index contributed by atoms with van der Waals surface area (Å²) in [6.45, 7) is 1.88. The van der Waals surface area contributed by atoms with Gasteiger partial charge in [0.15, 0.2) is 12.4 Å². The molecule has 1 heterocycles. The predicted molar refractivity (Wildman–Crippen MR) is 74.8 cm³/mol. The second kappa shape index (κ2) is 5.63. The summed E-state index contributed by atoms with van der Waals surface area (Å²) in [7, 11) is 0. The molecule has 4 heteroatoms. The maximum absolute atomic E-state index is 12.3. The van der Waals surface area contributed by atoms with E-state index in [1.165, 1.54) is 0 Å². The number of ketones is 1. The lowest BCUT2D eigenvalue weighted by Gasteiger charge is -2.06. The highest BCUT2D eigenvalue weighted by atomic mass is 79.9. The molecule has 0 N–H and O–H groups in total. The second-order valence-electron chi connectivity index (χ2n) is 4.02. The van der Waals surface area contributed by atoms with E-state index in [-0.39, 0.29) is 11.8 Å². The summed E-state index contributed by atoms with van der Waals surface area (Å²) in [5.41, 5.74) is 0.666. The fraction of sp³-hybridized carbons (Fsp3) is 0.143. The van der Waals surface area contributed by atoms with E-state index in [0.29, 0.717) is 10.6 Å². The average Bonchev–Trinajstić information content (AvgIpc) is 2.38. The van der Waals surface area contributed by atoms with Crippen LogP contribution < -0.4 is 4.57 Å². The molecule has 1 atom stereocenters. The van der Waals surface area contributed by atoms with Crippen LogP contribution in [0.3, 0.4) is 0 Å². The highest BCUT2D eigenvalue weighted by Gasteiger charge is 2.23. The molecular weight excluding hydrogens is 314 g/mol. The Morgan fingerprint density at radius 3 is 2.56 bits per heavy atom. The van der Waals surface area contributed by atoms with Crippen LogP contribution in [0.15, 0.2) is 53.3 Å². The molecule has 2 rings (SSSR count). The van der Waals surface area contributed by atoms with Gasteiger partial charge in [0.25, 0.3) is 0 Å². The van der Waals surface area contributed by atoms with E-state index in [0.717, 1.165) is 4.47 Å². The molecule has 2 nitrogen and oxygen atoms in total. The summed E-state index contributed by atoms with van der Waals surface area (Å²) >= 11 is 9.21. The first-order chi connectivity index (χ1) is 8.58. The van der Waals surface area contributed by atoms with E-state index >= 15 is 0 Å². The number of rotatable bonds is 3. The molecule has 0 bridgehead atoms. The lowest BCUT2D eigenvalue weighted by atomic mass is 10.1. The summed E-state index contributed by atoms with van der Waals surface area (Å²) in [5, 5.41) is 0.634. The molecule has 2 aromatic rings. The first-order valence-electron chi connectivity index (χ1n) is 5.54. The van der Waals surface area contributed by atoms with Crippen molar-refractivity contribution in [3.8, 4) is 0 Å². The average molecular weight is 326 g/mol. The highest BCUT2D eigenvalue weighted by molar-refractivity contribution is 9.10. The molecule has 0 saturated carbocycles. The number of Topliss-reactive ketones (excluding diaryl/α,β-unsaturated/α-hetero) is 1. The normalized spacial score (nSPS) is 12.2. The van der Waals surface area contributed by atoms with Crippen molar-refractivity contribution in [1.82, 2.24) is 0 Å². The molecule has 0 aliphatic heterocycles. The fourth-order valence-corrected chi connectivity index (χ4v) is 2.21. The molecular formula is C14H12BrClNO+. The largest absolute Gasteiger partial charge is 0.287 e. The van der Waals surface area contributed by atoms with Crippen LogP contribution in [0.1, 0.15) is 23.3 Å². The topological polar surface area (TPSA) is 20.9 Å². The third kappa shape index (κ3) is 2.98. The van der Waals surface area contributed by atoms with Gasteiger partial charge in [0.05, 0.1) is 4.47 Å². The van der Waals surface area contributed by atoms with E-state index < -0.39 is 0 Å². The van der Waals surface area contributed by atoms with Gasteiger partial charge in [-0.05, 0) is 46.3 Å². The van der Waals surface area contributed by atoms with E-state index in [2.05, 4.69) is 15.9 Å². The summed E-state index contributed by atoms with van der Waals surface area (Å²) < 4.78 is 2.82. The minimum Gasteiger partial charge on any atom is -0.287 e. The smallest absolute Gasteiger partial charge is 0.230 e. The Bertz CT molecular complexity index is 568. The van der Waals surface area contributed by atoms with Crippen molar-refractivity contribution in [2.24, 2.45) is 0 Å². The highest BCUT2D eigenvalue weighted by Crippen LogP contribution is 2.14. The van der Waals surface area contributed by atoms with Crippen molar-refractivity contribution in [2.45, 2.75) is 13.0 Å². The summed E-state index contributed by atoms with van der Waals surface area (Å²) in [6, 6.07) is 10.5. The van der Waals surface area contributed by atoms with Gasteiger partial charge in [0.1, 0.15) is 0 Å². The van der Waals surface area contributed by atoms with Crippen LogP contribution in [0.5, 0.6) is 0 Å². The molecule has 92 valence electrons. The van der Waals surface area contributed by atoms with Crippen LogP contribution in [-0.4, -0.2) is 5.78 Å². The molecule has 0 amide bonds. The van der Waals surface area contributed by atoms with E-state index in [1.807, 2.05) is 36.0 Å². The Labute approximate surface area is 119 Å². The van der Waals surface area contributed by atoms with Crippen LogP contribution in [0, 0.1) is 0 Å². The number of carbonyl (C=O) groups is 1. The zero-order valence-corrected chi connectivity index (χ0v) is 12.1. The number of nitrogens with zero attached hydrogens (tertiary/aromatic N) is 1. The van der Waals surface area contributed by atoms with E-state index in [9.17, 15) is 4.79 Å². The van der Waals surface area contributed by atoms with Gasteiger partial charge in [-0.3, -0.25) is 4.79 Å². The predicted octanol–water partition coefficient (Wildman–Crippen LogP) is 3.83. The number of halogens is 2. The molecule has 1 unspecified atom stereocenters. The molecule has 0 aliphatic rings. The Morgan fingerprint density at radius 2 is 1.94 bits per heavy atom. The molecule has 1 aromatic heterocycles. The Balaban J connectivity index is 2.26. The van der Waals surface area contributed by atoms with Crippen LogP contribution in [0.2, 0.25) is 5.02 Å². The van der Waals surface area contributed by atoms with Crippen LogP contribution >= 0.6 is 27.5 Å². The third-order valence-electron chi connectivity index (χ3n) is 2.74. The number of carbonyl (C=O) groups excluding carboxylic acids is 1. The van der Waals surface area contributed by atoms with Gasteiger partial charge in [-0.1, -0.05) is 11.6 Å². The summed E-state index contributed by atoms with van der Waals surface area (Å²) in [5.74, 6) is 0.0646. The number of benzene rings is 1. The maximum atomic E-state index is 12.3. The molecule has 18 heavy (non-hydrogen) atoms.